The minimum absolute atomic E-state index is 0.0439. The molecule has 1 atom stereocenters. The molecular formula is C10H10BrF. The summed E-state index contributed by atoms with van der Waals surface area (Å²) >= 11 is 3.44. The van der Waals surface area contributed by atoms with E-state index >= 15 is 0 Å². The summed E-state index contributed by atoms with van der Waals surface area (Å²) < 4.78 is 14.3. The number of rotatable bonds is 0. The van der Waals surface area contributed by atoms with Crippen LogP contribution in [0.15, 0.2) is 16.6 Å². The SMILES string of the molecule is CC1Cc2c(F)ccc(Br)c2C1. The second-order valence-corrected chi connectivity index (χ2v) is 4.35. The van der Waals surface area contributed by atoms with Crippen molar-refractivity contribution in [2.75, 3.05) is 0 Å². The van der Waals surface area contributed by atoms with Crippen molar-refractivity contribution in [3.05, 3.63) is 33.5 Å². The Morgan fingerprint density at radius 2 is 2.00 bits per heavy atom. The van der Waals surface area contributed by atoms with E-state index in [2.05, 4.69) is 22.9 Å². The van der Waals surface area contributed by atoms with Gasteiger partial charge in [0.2, 0.25) is 0 Å². The second kappa shape index (κ2) is 2.84. The highest BCUT2D eigenvalue weighted by atomic mass is 79.9. The van der Waals surface area contributed by atoms with Crippen molar-refractivity contribution in [1.29, 1.82) is 0 Å². The number of hydrogen-bond acceptors (Lipinski definition) is 0. The standard InChI is InChI=1S/C10H10BrF/c1-6-4-7-8(5-6)10(12)3-2-9(7)11/h2-3,6H,4-5H2,1H3. The van der Waals surface area contributed by atoms with Gasteiger partial charge in [0.05, 0.1) is 0 Å². The van der Waals surface area contributed by atoms with Gasteiger partial charge >= 0.3 is 0 Å². The highest BCUT2D eigenvalue weighted by molar-refractivity contribution is 9.10. The summed E-state index contributed by atoms with van der Waals surface area (Å²) in [5.41, 5.74) is 2.08. The van der Waals surface area contributed by atoms with Crippen LogP contribution >= 0.6 is 15.9 Å². The third kappa shape index (κ3) is 1.18. The van der Waals surface area contributed by atoms with Crippen molar-refractivity contribution in [2.45, 2.75) is 19.8 Å². The summed E-state index contributed by atoms with van der Waals surface area (Å²) in [5, 5.41) is 0. The molecule has 0 nitrogen and oxygen atoms in total. The minimum atomic E-state index is -0.0439. The molecule has 1 aromatic rings. The fraction of sp³-hybridized carbons (Fsp3) is 0.400. The monoisotopic (exact) mass is 228 g/mol. The van der Waals surface area contributed by atoms with E-state index in [9.17, 15) is 4.39 Å². The first kappa shape index (κ1) is 8.24. The van der Waals surface area contributed by atoms with Crippen molar-refractivity contribution >= 4 is 15.9 Å². The average Bonchev–Trinajstić information content (AvgIpc) is 2.41. The molecule has 1 aliphatic carbocycles. The van der Waals surface area contributed by atoms with E-state index in [1.54, 1.807) is 12.1 Å². The highest BCUT2D eigenvalue weighted by Crippen LogP contribution is 2.33. The lowest BCUT2D eigenvalue weighted by molar-refractivity contribution is 0.587. The number of fused-ring (bicyclic) bond motifs is 1. The fourth-order valence-corrected chi connectivity index (χ4v) is 2.38. The van der Waals surface area contributed by atoms with Gasteiger partial charge in [-0.1, -0.05) is 22.9 Å². The van der Waals surface area contributed by atoms with Gasteiger partial charge in [-0.05, 0) is 42.0 Å². The van der Waals surface area contributed by atoms with Gasteiger partial charge in [0, 0.05) is 4.47 Å². The normalized spacial score (nSPS) is 21.1. The number of benzene rings is 1. The summed E-state index contributed by atoms with van der Waals surface area (Å²) in [5.74, 6) is 0.547. The largest absolute Gasteiger partial charge is 0.207 e. The predicted molar refractivity (Wildman–Crippen MR) is 50.7 cm³/mol. The average molecular weight is 229 g/mol. The van der Waals surface area contributed by atoms with Crippen LogP contribution in [-0.4, -0.2) is 0 Å². The summed E-state index contributed by atoms with van der Waals surface area (Å²) in [7, 11) is 0. The topological polar surface area (TPSA) is 0 Å². The smallest absolute Gasteiger partial charge is 0.126 e. The molecule has 0 spiro atoms. The van der Waals surface area contributed by atoms with Crippen LogP contribution in [0.3, 0.4) is 0 Å². The van der Waals surface area contributed by atoms with Gasteiger partial charge in [0.1, 0.15) is 5.82 Å². The molecule has 0 saturated heterocycles. The number of halogens is 2. The van der Waals surface area contributed by atoms with Gasteiger partial charge in [-0.25, -0.2) is 4.39 Å². The summed E-state index contributed by atoms with van der Waals surface area (Å²) in [6.07, 6.45) is 1.90. The van der Waals surface area contributed by atoms with Gasteiger partial charge in [0.15, 0.2) is 0 Å². The molecule has 1 unspecified atom stereocenters. The third-order valence-electron chi connectivity index (χ3n) is 2.42. The predicted octanol–water partition coefficient (Wildman–Crippen LogP) is 3.32. The molecule has 0 heterocycles. The van der Waals surface area contributed by atoms with E-state index in [1.807, 2.05) is 0 Å². The van der Waals surface area contributed by atoms with E-state index in [-0.39, 0.29) is 5.82 Å². The van der Waals surface area contributed by atoms with Crippen LogP contribution in [0.25, 0.3) is 0 Å². The van der Waals surface area contributed by atoms with Crippen LogP contribution in [0, 0.1) is 11.7 Å². The van der Waals surface area contributed by atoms with Crippen LogP contribution in [0.5, 0.6) is 0 Å². The van der Waals surface area contributed by atoms with Crippen LogP contribution < -0.4 is 0 Å². The Morgan fingerprint density at radius 3 is 2.67 bits per heavy atom. The Balaban J connectivity index is 2.56. The molecule has 2 rings (SSSR count). The third-order valence-corrected chi connectivity index (χ3v) is 3.16. The lowest BCUT2D eigenvalue weighted by Crippen LogP contribution is -1.90. The Labute approximate surface area is 79.9 Å². The van der Waals surface area contributed by atoms with Gasteiger partial charge < -0.3 is 0 Å². The molecule has 0 aromatic heterocycles. The van der Waals surface area contributed by atoms with Crippen LogP contribution in [0.4, 0.5) is 4.39 Å². The summed E-state index contributed by atoms with van der Waals surface area (Å²) in [6, 6.07) is 3.34. The zero-order chi connectivity index (χ0) is 8.72. The zero-order valence-corrected chi connectivity index (χ0v) is 8.49. The summed E-state index contributed by atoms with van der Waals surface area (Å²) in [4.78, 5) is 0. The molecule has 0 amide bonds. The van der Waals surface area contributed by atoms with E-state index in [4.69, 9.17) is 0 Å². The Kier molecular flexibility index (Phi) is 1.95. The first-order valence-corrected chi connectivity index (χ1v) is 4.93. The molecular weight excluding hydrogens is 219 g/mol. The molecule has 0 aliphatic heterocycles. The zero-order valence-electron chi connectivity index (χ0n) is 6.90. The van der Waals surface area contributed by atoms with Crippen molar-refractivity contribution in [3.8, 4) is 0 Å². The van der Waals surface area contributed by atoms with Gasteiger partial charge in [0.25, 0.3) is 0 Å². The van der Waals surface area contributed by atoms with Crippen LogP contribution in [-0.2, 0) is 12.8 Å². The molecule has 0 saturated carbocycles. The molecule has 1 aromatic carbocycles. The van der Waals surface area contributed by atoms with E-state index in [0.29, 0.717) is 5.92 Å². The van der Waals surface area contributed by atoms with Crippen molar-refractivity contribution < 1.29 is 4.39 Å². The van der Waals surface area contributed by atoms with Gasteiger partial charge in [-0.2, -0.15) is 0 Å². The molecule has 2 heteroatoms. The maximum atomic E-state index is 13.2. The van der Waals surface area contributed by atoms with E-state index in [1.165, 1.54) is 5.56 Å². The lowest BCUT2D eigenvalue weighted by Gasteiger charge is -2.01. The Bertz CT molecular complexity index is 289. The Hall–Kier alpha value is -0.370. The lowest BCUT2D eigenvalue weighted by atomic mass is 10.1. The maximum absolute atomic E-state index is 13.2. The van der Waals surface area contributed by atoms with Crippen LogP contribution in [0.2, 0.25) is 0 Å². The fourth-order valence-electron chi connectivity index (χ4n) is 1.85. The van der Waals surface area contributed by atoms with E-state index < -0.39 is 0 Å². The first-order chi connectivity index (χ1) is 5.68. The van der Waals surface area contributed by atoms with E-state index in [0.717, 1.165) is 22.9 Å². The number of hydrogen-bond donors (Lipinski definition) is 0. The Morgan fingerprint density at radius 1 is 1.33 bits per heavy atom. The van der Waals surface area contributed by atoms with Gasteiger partial charge in [-0.15, -0.1) is 0 Å². The first-order valence-electron chi connectivity index (χ1n) is 4.14. The van der Waals surface area contributed by atoms with Gasteiger partial charge in [-0.3, -0.25) is 0 Å². The molecule has 64 valence electrons. The minimum Gasteiger partial charge on any atom is -0.207 e. The highest BCUT2D eigenvalue weighted by Gasteiger charge is 2.22. The maximum Gasteiger partial charge on any atom is 0.126 e. The molecule has 0 bridgehead atoms. The quantitative estimate of drug-likeness (QED) is 0.640. The molecule has 1 aliphatic rings. The second-order valence-electron chi connectivity index (χ2n) is 3.50. The van der Waals surface area contributed by atoms with Crippen molar-refractivity contribution in [2.24, 2.45) is 5.92 Å². The molecule has 0 N–H and O–H groups in total. The molecule has 0 radical (unpaired) electrons. The van der Waals surface area contributed by atoms with Crippen molar-refractivity contribution in [1.82, 2.24) is 0 Å². The van der Waals surface area contributed by atoms with Crippen LogP contribution in [0.1, 0.15) is 18.1 Å². The molecule has 0 fully saturated rings. The molecule has 12 heavy (non-hydrogen) atoms. The summed E-state index contributed by atoms with van der Waals surface area (Å²) in [6.45, 7) is 2.16. The van der Waals surface area contributed by atoms with Crippen molar-refractivity contribution in [3.63, 3.8) is 0 Å².